The van der Waals surface area contributed by atoms with E-state index in [1.165, 1.54) is 0 Å². The average Bonchev–Trinajstić information content (AvgIpc) is 2.47. The second kappa shape index (κ2) is 5.95. The quantitative estimate of drug-likeness (QED) is 0.927. The smallest absolute Gasteiger partial charge is 0.307 e. The molecule has 1 aromatic rings. The number of rotatable bonds is 3. The fourth-order valence-corrected chi connectivity index (χ4v) is 4.16. The van der Waals surface area contributed by atoms with Gasteiger partial charge in [-0.1, -0.05) is 12.8 Å². The molecule has 2 unspecified atom stereocenters. The number of ether oxygens (including phenoxy) is 2. The van der Waals surface area contributed by atoms with E-state index in [9.17, 15) is 9.90 Å². The van der Waals surface area contributed by atoms with E-state index in [-0.39, 0.29) is 11.2 Å². The molecule has 1 N–H and O–H groups in total. The molecule has 0 radical (unpaired) electrons. The van der Waals surface area contributed by atoms with Crippen molar-refractivity contribution in [3.63, 3.8) is 0 Å². The van der Waals surface area contributed by atoms with E-state index in [2.05, 4.69) is 0 Å². The second-order valence-electron chi connectivity index (χ2n) is 5.19. The molecule has 1 aromatic carbocycles. The summed E-state index contributed by atoms with van der Waals surface area (Å²) in [6.07, 6.45) is 3.90. The maximum absolute atomic E-state index is 11.3. The summed E-state index contributed by atoms with van der Waals surface area (Å²) in [6.45, 7) is 1.16. The number of carboxylic acid groups (broad SMARTS) is 1. The van der Waals surface area contributed by atoms with Gasteiger partial charge >= 0.3 is 5.97 Å². The van der Waals surface area contributed by atoms with Gasteiger partial charge in [0.1, 0.15) is 13.2 Å². The van der Waals surface area contributed by atoms with Crippen molar-refractivity contribution in [2.75, 3.05) is 13.2 Å². The topological polar surface area (TPSA) is 55.8 Å². The van der Waals surface area contributed by atoms with Gasteiger partial charge in [-0.05, 0) is 31.0 Å². The number of benzene rings is 1. The predicted molar refractivity (Wildman–Crippen MR) is 76.7 cm³/mol. The Morgan fingerprint density at radius 3 is 2.70 bits per heavy atom. The number of hydrogen-bond acceptors (Lipinski definition) is 4. The van der Waals surface area contributed by atoms with Crippen LogP contribution < -0.4 is 9.47 Å². The van der Waals surface area contributed by atoms with E-state index >= 15 is 0 Å². The molecular formula is C15H18O4S. The summed E-state index contributed by atoms with van der Waals surface area (Å²) in [7, 11) is 0. The third-order valence-corrected chi connectivity index (χ3v) is 5.21. The molecule has 0 spiro atoms. The molecule has 2 aliphatic rings. The molecule has 1 saturated carbocycles. The van der Waals surface area contributed by atoms with Crippen LogP contribution in [0.25, 0.3) is 0 Å². The molecule has 5 heteroatoms. The third-order valence-electron chi connectivity index (χ3n) is 3.82. The number of fused-ring (bicyclic) bond motifs is 1. The van der Waals surface area contributed by atoms with Crippen molar-refractivity contribution in [3.8, 4) is 11.5 Å². The Kier molecular flexibility index (Phi) is 4.05. The Morgan fingerprint density at radius 2 is 1.90 bits per heavy atom. The van der Waals surface area contributed by atoms with Crippen molar-refractivity contribution in [1.82, 2.24) is 0 Å². The van der Waals surface area contributed by atoms with E-state index in [0.29, 0.717) is 13.2 Å². The molecule has 1 heterocycles. The summed E-state index contributed by atoms with van der Waals surface area (Å²) in [5.41, 5.74) is 0. The third kappa shape index (κ3) is 2.87. The van der Waals surface area contributed by atoms with Crippen molar-refractivity contribution < 1.29 is 19.4 Å². The molecular weight excluding hydrogens is 276 g/mol. The Balaban J connectivity index is 1.74. The molecule has 4 nitrogen and oxygen atoms in total. The summed E-state index contributed by atoms with van der Waals surface area (Å²) in [5.74, 6) is 0.643. The van der Waals surface area contributed by atoms with Crippen LogP contribution in [0, 0.1) is 5.92 Å². The van der Waals surface area contributed by atoms with Crippen LogP contribution in [0.3, 0.4) is 0 Å². The van der Waals surface area contributed by atoms with Crippen LogP contribution in [0.15, 0.2) is 23.1 Å². The normalized spacial score (nSPS) is 25.2. The van der Waals surface area contributed by atoms with Crippen molar-refractivity contribution in [2.24, 2.45) is 5.92 Å². The van der Waals surface area contributed by atoms with Gasteiger partial charge in [0.2, 0.25) is 0 Å². The van der Waals surface area contributed by atoms with Gasteiger partial charge in [0.05, 0.1) is 5.92 Å². The molecule has 1 aliphatic heterocycles. The van der Waals surface area contributed by atoms with Gasteiger partial charge in [0.15, 0.2) is 11.5 Å². The number of aliphatic carboxylic acids is 1. The zero-order valence-corrected chi connectivity index (χ0v) is 12.0. The summed E-state index contributed by atoms with van der Waals surface area (Å²) >= 11 is 1.66. The SMILES string of the molecule is O=C(O)C1CCCCC1Sc1ccc2c(c1)OCCO2. The maximum atomic E-state index is 11.3. The molecule has 0 bridgehead atoms. The number of carboxylic acids is 1. The largest absolute Gasteiger partial charge is 0.486 e. The molecule has 2 atom stereocenters. The highest BCUT2D eigenvalue weighted by molar-refractivity contribution is 8.00. The van der Waals surface area contributed by atoms with Crippen LogP contribution in [0.1, 0.15) is 25.7 Å². The number of carbonyl (C=O) groups is 1. The van der Waals surface area contributed by atoms with Crippen LogP contribution in [0.4, 0.5) is 0 Å². The van der Waals surface area contributed by atoms with E-state index in [1.807, 2.05) is 18.2 Å². The first-order valence-corrected chi connectivity index (χ1v) is 7.91. The fourth-order valence-electron chi connectivity index (χ4n) is 2.79. The van der Waals surface area contributed by atoms with Crippen molar-refractivity contribution in [1.29, 1.82) is 0 Å². The lowest BCUT2D eigenvalue weighted by Crippen LogP contribution is -2.29. The maximum Gasteiger partial charge on any atom is 0.307 e. The highest BCUT2D eigenvalue weighted by atomic mass is 32.2. The Labute approximate surface area is 122 Å². The molecule has 3 rings (SSSR count). The molecule has 20 heavy (non-hydrogen) atoms. The highest BCUT2D eigenvalue weighted by Crippen LogP contribution is 2.41. The van der Waals surface area contributed by atoms with Crippen molar-refractivity contribution >= 4 is 17.7 Å². The van der Waals surface area contributed by atoms with E-state index in [1.54, 1.807) is 11.8 Å². The first-order valence-electron chi connectivity index (χ1n) is 7.03. The Bertz CT molecular complexity index is 503. The van der Waals surface area contributed by atoms with Crippen molar-refractivity contribution in [2.45, 2.75) is 35.8 Å². The summed E-state index contributed by atoms with van der Waals surface area (Å²) in [6, 6.07) is 5.87. The monoisotopic (exact) mass is 294 g/mol. The van der Waals surface area contributed by atoms with Crippen LogP contribution in [-0.4, -0.2) is 29.5 Å². The number of hydrogen-bond donors (Lipinski definition) is 1. The Morgan fingerprint density at radius 1 is 1.15 bits per heavy atom. The molecule has 0 amide bonds. The van der Waals surface area contributed by atoms with Crippen molar-refractivity contribution in [3.05, 3.63) is 18.2 Å². The molecule has 0 saturated heterocycles. The van der Waals surface area contributed by atoms with Gasteiger partial charge in [0, 0.05) is 10.1 Å². The standard InChI is InChI=1S/C15H18O4S/c16-15(17)11-3-1-2-4-14(11)20-10-5-6-12-13(9-10)19-8-7-18-12/h5-6,9,11,14H,1-4,7-8H2,(H,16,17). The molecule has 1 fully saturated rings. The minimum absolute atomic E-state index is 0.156. The van der Waals surface area contributed by atoms with Gasteiger partial charge in [-0.3, -0.25) is 4.79 Å². The van der Waals surface area contributed by atoms with Crippen LogP contribution in [0.2, 0.25) is 0 Å². The van der Waals surface area contributed by atoms with Crippen LogP contribution >= 0.6 is 11.8 Å². The van der Waals surface area contributed by atoms with E-state index in [4.69, 9.17) is 9.47 Å². The van der Waals surface area contributed by atoms with Gasteiger partial charge in [-0.15, -0.1) is 11.8 Å². The minimum Gasteiger partial charge on any atom is -0.486 e. The second-order valence-corrected chi connectivity index (χ2v) is 6.50. The molecule has 0 aromatic heterocycles. The lowest BCUT2D eigenvalue weighted by atomic mass is 9.89. The lowest BCUT2D eigenvalue weighted by Gasteiger charge is -2.28. The zero-order valence-electron chi connectivity index (χ0n) is 11.2. The summed E-state index contributed by atoms with van der Waals surface area (Å²) in [5, 5.41) is 9.48. The highest BCUT2D eigenvalue weighted by Gasteiger charge is 2.31. The summed E-state index contributed by atoms with van der Waals surface area (Å²) < 4.78 is 11.1. The summed E-state index contributed by atoms with van der Waals surface area (Å²) in [4.78, 5) is 12.4. The molecule has 108 valence electrons. The van der Waals surface area contributed by atoms with Crippen LogP contribution in [0.5, 0.6) is 11.5 Å². The van der Waals surface area contributed by atoms with E-state index < -0.39 is 5.97 Å². The lowest BCUT2D eigenvalue weighted by molar-refractivity contribution is -0.142. The van der Waals surface area contributed by atoms with Gasteiger partial charge < -0.3 is 14.6 Å². The van der Waals surface area contributed by atoms with Gasteiger partial charge in [0.25, 0.3) is 0 Å². The Hall–Kier alpha value is -1.36. The first-order chi connectivity index (χ1) is 9.74. The fraction of sp³-hybridized carbons (Fsp3) is 0.533. The minimum atomic E-state index is -0.667. The predicted octanol–water partition coefficient (Wildman–Crippen LogP) is 3.19. The van der Waals surface area contributed by atoms with Gasteiger partial charge in [-0.2, -0.15) is 0 Å². The number of thioether (sulfide) groups is 1. The first kappa shape index (κ1) is 13.6. The average molecular weight is 294 g/mol. The zero-order chi connectivity index (χ0) is 13.9. The van der Waals surface area contributed by atoms with Gasteiger partial charge in [-0.25, -0.2) is 0 Å². The molecule has 1 aliphatic carbocycles. The van der Waals surface area contributed by atoms with E-state index in [0.717, 1.165) is 42.1 Å². The van der Waals surface area contributed by atoms with Crippen LogP contribution in [-0.2, 0) is 4.79 Å².